The fraction of sp³-hybridized carbons (Fsp3) is 0.0208. The second kappa shape index (κ2) is 10.3. The van der Waals surface area contributed by atoms with Crippen LogP contribution in [-0.2, 0) is 5.41 Å². The van der Waals surface area contributed by atoms with E-state index >= 15 is 0 Å². The maximum Gasteiger partial charge on any atom is 0.160 e. The van der Waals surface area contributed by atoms with E-state index in [0.29, 0.717) is 0 Å². The van der Waals surface area contributed by atoms with Crippen LogP contribution in [0.4, 0.5) is 17.2 Å². The number of aromatic nitrogens is 2. The van der Waals surface area contributed by atoms with Crippen molar-refractivity contribution < 1.29 is 0 Å². The van der Waals surface area contributed by atoms with Gasteiger partial charge in [-0.05, 0) is 93.0 Å². The number of para-hydroxylation sites is 1. The van der Waals surface area contributed by atoms with Crippen molar-refractivity contribution in [2.45, 2.75) is 5.41 Å². The Bertz CT molecular complexity index is 3060. The van der Waals surface area contributed by atoms with E-state index in [0.717, 1.165) is 28.2 Å². The number of hydrogen-bond donors (Lipinski definition) is 0. The van der Waals surface area contributed by atoms with Crippen LogP contribution in [0.25, 0.3) is 58.8 Å². The summed E-state index contributed by atoms with van der Waals surface area (Å²) in [7, 11) is 0. The summed E-state index contributed by atoms with van der Waals surface area (Å²) in [6.45, 7) is 0. The van der Waals surface area contributed by atoms with E-state index in [9.17, 15) is 0 Å². The van der Waals surface area contributed by atoms with Gasteiger partial charge in [0.2, 0.25) is 0 Å². The molecule has 0 saturated carbocycles. The Morgan fingerprint density at radius 2 is 1.06 bits per heavy atom. The standard InChI is InChI=1S/C48H29N3S/c1-9-19-44-30(11-1)21-22-33-29-47(49-51(33)44)50(32-24-26-46-39(28-32)37-15-5-10-20-45(37)52-46)31-23-25-43-38(27-31)36-14-4-8-18-42(36)48(43)40-16-6-2-12-34(40)35-13-3-7-17-41(35)48/h1-29H. The summed E-state index contributed by atoms with van der Waals surface area (Å²) in [4.78, 5) is 2.35. The first kappa shape index (κ1) is 28.2. The average molecular weight is 680 g/mol. The van der Waals surface area contributed by atoms with Gasteiger partial charge >= 0.3 is 0 Å². The summed E-state index contributed by atoms with van der Waals surface area (Å²) < 4.78 is 4.67. The van der Waals surface area contributed by atoms with Crippen molar-refractivity contribution in [3.05, 3.63) is 198 Å². The second-order valence-electron chi connectivity index (χ2n) is 14.0. The first-order valence-corrected chi connectivity index (χ1v) is 18.6. The molecule has 242 valence electrons. The molecule has 10 aromatic rings. The van der Waals surface area contributed by atoms with Crippen LogP contribution < -0.4 is 4.90 Å². The molecule has 2 aliphatic carbocycles. The fourth-order valence-electron chi connectivity index (χ4n) is 9.29. The van der Waals surface area contributed by atoms with Gasteiger partial charge in [-0.3, -0.25) is 4.90 Å². The third-order valence-electron chi connectivity index (χ3n) is 11.4. The molecule has 0 fully saturated rings. The molecule has 0 amide bonds. The van der Waals surface area contributed by atoms with Gasteiger partial charge in [-0.15, -0.1) is 16.4 Å². The molecular formula is C48H29N3S. The highest BCUT2D eigenvalue weighted by Crippen LogP contribution is 2.63. The largest absolute Gasteiger partial charge is 0.294 e. The smallest absolute Gasteiger partial charge is 0.160 e. The lowest BCUT2D eigenvalue weighted by atomic mass is 9.70. The van der Waals surface area contributed by atoms with Gasteiger partial charge in [0, 0.05) is 43.0 Å². The van der Waals surface area contributed by atoms with Gasteiger partial charge in [0.15, 0.2) is 5.82 Å². The van der Waals surface area contributed by atoms with Gasteiger partial charge in [-0.2, -0.15) is 0 Å². The van der Waals surface area contributed by atoms with E-state index in [1.807, 2.05) is 11.3 Å². The van der Waals surface area contributed by atoms with Crippen LogP contribution >= 0.6 is 11.3 Å². The highest BCUT2D eigenvalue weighted by atomic mass is 32.1. The lowest BCUT2D eigenvalue weighted by Gasteiger charge is -2.31. The second-order valence-corrected chi connectivity index (χ2v) is 15.0. The third kappa shape index (κ3) is 3.61. The Hall–Kier alpha value is -6.49. The number of rotatable bonds is 3. The van der Waals surface area contributed by atoms with Crippen molar-refractivity contribution in [2.75, 3.05) is 4.90 Å². The Morgan fingerprint density at radius 1 is 0.462 bits per heavy atom. The van der Waals surface area contributed by atoms with E-state index in [1.165, 1.54) is 70.1 Å². The molecule has 0 saturated heterocycles. The predicted octanol–water partition coefficient (Wildman–Crippen LogP) is 12.7. The van der Waals surface area contributed by atoms with Gasteiger partial charge in [0.05, 0.1) is 16.4 Å². The van der Waals surface area contributed by atoms with Crippen LogP contribution in [0.15, 0.2) is 176 Å². The summed E-state index contributed by atoms with van der Waals surface area (Å²) in [5.41, 5.74) is 14.5. The summed E-state index contributed by atoms with van der Waals surface area (Å²) in [6, 6.07) is 64.8. The normalized spacial score (nSPS) is 13.5. The molecule has 3 aromatic heterocycles. The minimum Gasteiger partial charge on any atom is -0.294 e. The Kier molecular flexibility index (Phi) is 5.58. The molecule has 12 rings (SSSR count). The molecule has 4 heteroatoms. The Labute approximate surface area is 304 Å². The van der Waals surface area contributed by atoms with E-state index in [1.54, 1.807) is 0 Å². The maximum absolute atomic E-state index is 5.34. The highest BCUT2D eigenvalue weighted by molar-refractivity contribution is 7.25. The zero-order valence-corrected chi connectivity index (χ0v) is 28.8. The predicted molar refractivity (Wildman–Crippen MR) is 217 cm³/mol. The molecule has 52 heavy (non-hydrogen) atoms. The number of pyridine rings is 1. The van der Waals surface area contributed by atoms with E-state index in [-0.39, 0.29) is 5.41 Å². The lowest BCUT2D eigenvalue weighted by molar-refractivity contribution is 0.794. The molecule has 0 bridgehead atoms. The van der Waals surface area contributed by atoms with Crippen LogP contribution in [0.3, 0.4) is 0 Å². The zero-order chi connectivity index (χ0) is 34.0. The Balaban J connectivity index is 1.13. The molecule has 7 aromatic carbocycles. The first-order valence-electron chi connectivity index (χ1n) is 17.8. The number of anilines is 3. The van der Waals surface area contributed by atoms with Crippen molar-refractivity contribution in [1.29, 1.82) is 0 Å². The molecule has 0 N–H and O–H groups in total. The maximum atomic E-state index is 5.34. The topological polar surface area (TPSA) is 20.5 Å². The minimum atomic E-state index is -0.376. The van der Waals surface area contributed by atoms with E-state index < -0.39 is 0 Å². The Morgan fingerprint density at radius 3 is 1.85 bits per heavy atom. The van der Waals surface area contributed by atoms with Crippen LogP contribution in [0.2, 0.25) is 0 Å². The molecular weight excluding hydrogens is 651 g/mol. The molecule has 2 aliphatic rings. The van der Waals surface area contributed by atoms with Crippen LogP contribution in [-0.4, -0.2) is 9.61 Å². The number of benzene rings is 7. The summed E-state index contributed by atoms with van der Waals surface area (Å²) in [5.74, 6) is 0.882. The SMILES string of the molecule is c1ccc2c(c1)-c1ccccc1C21c2ccccc2-c2cc(N(c3ccc4sc5ccccc5c4c3)c3cc4ccc5ccccc5n4n3)ccc21. The quantitative estimate of drug-likeness (QED) is 0.185. The molecule has 3 heterocycles. The van der Waals surface area contributed by atoms with Gasteiger partial charge in [0.25, 0.3) is 0 Å². The molecule has 1 spiro atoms. The van der Waals surface area contributed by atoms with Gasteiger partial charge in [0.1, 0.15) is 0 Å². The van der Waals surface area contributed by atoms with Crippen molar-refractivity contribution in [2.24, 2.45) is 0 Å². The number of nitrogens with zero attached hydrogens (tertiary/aromatic N) is 3. The van der Waals surface area contributed by atoms with Crippen LogP contribution in [0.1, 0.15) is 22.3 Å². The van der Waals surface area contributed by atoms with Gasteiger partial charge in [-0.25, -0.2) is 4.52 Å². The van der Waals surface area contributed by atoms with Crippen molar-refractivity contribution in [3.63, 3.8) is 0 Å². The fourth-order valence-corrected chi connectivity index (χ4v) is 10.4. The first-order chi connectivity index (χ1) is 25.8. The molecule has 0 unspecified atom stereocenters. The molecule has 0 aliphatic heterocycles. The minimum absolute atomic E-state index is 0.376. The summed E-state index contributed by atoms with van der Waals surface area (Å²) in [5, 5.41) is 9.05. The number of fused-ring (bicyclic) bond motifs is 16. The zero-order valence-electron chi connectivity index (χ0n) is 28.0. The summed E-state index contributed by atoms with van der Waals surface area (Å²) in [6.07, 6.45) is 0. The van der Waals surface area contributed by atoms with E-state index in [4.69, 9.17) is 5.10 Å². The van der Waals surface area contributed by atoms with E-state index in [2.05, 4.69) is 185 Å². The molecule has 0 radical (unpaired) electrons. The summed E-state index contributed by atoms with van der Waals surface area (Å²) >= 11 is 1.85. The van der Waals surface area contributed by atoms with Crippen molar-refractivity contribution in [1.82, 2.24) is 9.61 Å². The van der Waals surface area contributed by atoms with Crippen LogP contribution in [0.5, 0.6) is 0 Å². The molecule has 0 atom stereocenters. The van der Waals surface area contributed by atoms with Gasteiger partial charge < -0.3 is 0 Å². The monoisotopic (exact) mass is 679 g/mol. The highest BCUT2D eigenvalue weighted by Gasteiger charge is 2.51. The third-order valence-corrected chi connectivity index (χ3v) is 12.6. The van der Waals surface area contributed by atoms with Gasteiger partial charge in [-0.1, -0.05) is 121 Å². The lowest BCUT2D eigenvalue weighted by Crippen LogP contribution is -2.25. The van der Waals surface area contributed by atoms with Crippen molar-refractivity contribution >= 4 is 65.1 Å². The molecule has 3 nitrogen and oxygen atoms in total. The number of thiophene rings is 1. The van der Waals surface area contributed by atoms with Crippen LogP contribution in [0, 0.1) is 0 Å². The number of hydrogen-bond acceptors (Lipinski definition) is 3. The van der Waals surface area contributed by atoms with Crippen molar-refractivity contribution in [3.8, 4) is 22.3 Å². The average Bonchev–Trinajstić information content (AvgIpc) is 3.95.